The number of carbonyl (C=O) groups is 1. The zero-order chi connectivity index (χ0) is 23.7. The van der Waals surface area contributed by atoms with E-state index in [-0.39, 0.29) is 17.3 Å². The number of anilines is 2. The van der Waals surface area contributed by atoms with Crippen molar-refractivity contribution in [2.75, 3.05) is 29.9 Å². The average Bonchev–Trinajstić information content (AvgIpc) is 3.33. The summed E-state index contributed by atoms with van der Waals surface area (Å²) in [6, 6.07) is 14.7. The molecule has 1 N–H and O–H groups in total. The number of amides is 1. The van der Waals surface area contributed by atoms with E-state index in [4.69, 9.17) is 0 Å². The molecule has 1 amide bonds. The molecule has 5 rings (SSSR count). The summed E-state index contributed by atoms with van der Waals surface area (Å²) in [5.41, 5.74) is 3.04. The number of carbonyl (C=O) groups excluding carboxylic acids is 1. The monoisotopic (exact) mass is 499 g/mol. The zero-order valence-electron chi connectivity index (χ0n) is 18.6. The molecule has 178 valence electrons. The molecule has 0 saturated carbocycles. The largest absolute Gasteiger partial charge is 0.365 e. The molecule has 0 aliphatic carbocycles. The molecule has 1 saturated heterocycles. The number of nitrogens with one attached hydrogen (secondary N) is 1. The Morgan fingerprint density at radius 2 is 1.85 bits per heavy atom. The summed E-state index contributed by atoms with van der Waals surface area (Å²) < 4.78 is 40.6. The maximum absolute atomic E-state index is 13.3. The van der Waals surface area contributed by atoms with Crippen LogP contribution in [0.3, 0.4) is 0 Å². The second-order valence-electron chi connectivity index (χ2n) is 8.70. The van der Waals surface area contributed by atoms with Crippen LogP contribution in [-0.4, -0.2) is 38.3 Å². The van der Waals surface area contributed by atoms with Crippen molar-refractivity contribution in [3.05, 3.63) is 76.2 Å². The van der Waals surface area contributed by atoms with Crippen LogP contribution in [0.4, 0.5) is 15.8 Å². The Labute approximate surface area is 203 Å². The van der Waals surface area contributed by atoms with E-state index in [0.29, 0.717) is 19.4 Å². The van der Waals surface area contributed by atoms with Gasteiger partial charge in [0.1, 0.15) is 5.82 Å². The van der Waals surface area contributed by atoms with Gasteiger partial charge >= 0.3 is 0 Å². The van der Waals surface area contributed by atoms with Crippen molar-refractivity contribution in [3.63, 3.8) is 0 Å². The third-order valence-corrected chi connectivity index (χ3v) is 9.42. The molecule has 1 atom stereocenters. The fraction of sp³-hybridized carbons (Fsp3) is 0.320. The third kappa shape index (κ3) is 4.60. The predicted molar refractivity (Wildman–Crippen MR) is 132 cm³/mol. The lowest BCUT2D eigenvalue weighted by Gasteiger charge is -2.33. The van der Waals surface area contributed by atoms with Gasteiger partial charge in [-0.1, -0.05) is 12.1 Å². The highest BCUT2D eigenvalue weighted by Crippen LogP contribution is 2.33. The molecule has 3 aromatic rings. The van der Waals surface area contributed by atoms with Crippen molar-refractivity contribution in [2.45, 2.75) is 30.7 Å². The van der Waals surface area contributed by atoms with Crippen LogP contribution >= 0.6 is 11.3 Å². The summed E-state index contributed by atoms with van der Waals surface area (Å²) >= 11 is 1.79. The average molecular weight is 500 g/mol. The Morgan fingerprint density at radius 3 is 2.68 bits per heavy atom. The van der Waals surface area contributed by atoms with Crippen LogP contribution in [0, 0.1) is 11.7 Å². The molecule has 6 nitrogen and oxygen atoms in total. The summed E-state index contributed by atoms with van der Waals surface area (Å²) in [4.78, 5) is 16.9. The van der Waals surface area contributed by atoms with Crippen molar-refractivity contribution < 1.29 is 17.6 Å². The lowest BCUT2D eigenvalue weighted by Crippen LogP contribution is -2.43. The molecular weight excluding hydrogens is 473 g/mol. The summed E-state index contributed by atoms with van der Waals surface area (Å²) in [6.45, 7) is 2.14. The highest BCUT2D eigenvalue weighted by atomic mass is 32.2. The quantitative estimate of drug-likeness (QED) is 0.562. The number of sulfonamides is 1. The van der Waals surface area contributed by atoms with Crippen molar-refractivity contribution in [3.8, 4) is 0 Å². The summed E-state index contributed by atoms with van der Waals surface area (Å²) in [5.74, 6) is -1.13. The molecular formula is C25H26FN3O3S2. The lowest BCUT2D eigenvalue weighted by atomic mass is 9.98. The molecule has 1 unspecified atom stereocenters. The number of thiophene rings is 1. The number of halogens is 1. The van der Waals surface area contributed by atoms with E-state index >= 15 is 0 Å². The number of rotatable bonds is 5. The number of para-hydroxylation sites is 2. The van der Waals surface area contributed by atoms with Crippen LogP contribution in [0.2, 0.25) is 0 Å². The molecule has 1 aromatic heterocycles. The Bertz CT molecular complexity index is 1290. The second-order valence-corrected chi connectivity index (χ2v) is 11.6. The van der Waals surface area contributed by atoms with Crippen molar-refractivity contribution in [1.29, 1.82) is 0 Å². The van der Waals surface area contributed by atoms with E-state index in [2.05, 4.69) is 21.7 Å². The number of piperidine rings is 1. The second kappa shape index (κ2) is 9.48. The molecule has 0 spiro atoms. The van der Waals surface area contributed by atoms with Gasteiger partial charge in [0.2, 0.25) is 15.9 Å². The SMILES string of the molecule is O=C(Nc1ccccc1N1CCc2sccc2C1)C1CCCN(S(=O)(=O)c2ccc(F)cc2)C1. The first kappa shape index (κ1) is 23.0. The first-order valence-corrected chi connectivity index (χ1v) is 13.7. The fourth-order valence-corrected chi connectivity index (χ4v) is 7.09. The highest BCUT2D eigenvalue weighted by molar-refractivity contribution is 7.89. The van der Waals surface area contributed by atoms with E-state index in [9.17, 15) is 17.6 Å². The van der Waals surface area contributed by atoms with Gasteiger partial charge in [0.05, 0.1) is 22.2 Å². The fourth-order valence-electron chi connectivity index (χ4n) is 4.67. The molecule has 9 heteroatoms. The van der Waals surface area contributed by atoms with Gasteiger partial charge < -0.3 is 10.2 Å². The normalized spacial score (nSPS) is 19.0. The summed E-state index contributed by atoms with van der Waals surface area (Å²) in [7, 11) is -3.79. The molecule has 2 aliphatic rings. The van der Waals surface area contributed by atoms with Crippen molar-refractivity contribution in [2.24, 2.45) is 5.92 Å². The van der Waals surface area contributed by atoms with Gasteiger partial charge in [-0.15, -0.1) is 11.3 Å². The smallest absolute Gasteiger partial charge is 0.243 e. The van der Waals surface area contributed by atoms with Gasteiger partial charge in [0, 0.05) is 31.1 Å². The van der Waals surface area contributed by atoms with Gasteiger partial charge in [-0.25, -0.2) is 12.8 Å². The predicted octanol–water partition coefficient (Wildman–Crippen LogP) is 4.49. The molecule has 1 fully saturated rings. The Morgan fingerprint density at radius 1 is 1.06 bits per heavy atom. The number of nitrogens with zero attached hydrogens (tertiary/aromatic N) is 2. The van der Waals surface area contributed by atoms with Gasteiger partial charge in [0.15, 0.2) is 0 Å². The molecule has 2 aromatic carbocycles. The topological polar surface area (TPSA) is 69.7 Å². The number of hydrogen-bond acceptors (Lipinski definition) is 5. The van der Waals surface area contributed by atoms with Crippen LogP contribution in [0.5, 0.6) is 0 Å². The van der Waals surface area contributed by atoms with E-state index in [0.717, 1.165) is 43.0 Å². The minimum absolute atomic E-state index is 0.0400. The van der Waals surface area contributed by atoms with Crippen LogP contribution in [0.25, 0.3) is 0 Å². The highest BCUT2D eigenvalue weighted by Gasteiger charge is 2.33. The molecule has 2 aliphatic heterocycles. The van der Waals surface area contributed by atoms with Crippen molar-refractivity contribution >= 4 is 38.6 Å². The molecule has 0 bridgehead atoms. The van der Waals surface area contributed by atoms with Crippen LogP contribution in [0.1, 0.15) is 23.3 Å². The molecule has 3 heterocycles. The third-order valence-electron chi connectivity index (χ3n) is 6.52. The first-order valence-electron chi connectivity index (χ1n) is 11.4. The molecule has 0 radical (unpaired) electrons. The summed E-state index contributed by atoms with van der Waals surface area (Å²) in [6.07, 6.45) is 2.19. The van der Waals surface area contributed by atoms with Crippen molar-refractivity contribution in [1.82, 2.24) is 4.31 Å². The Kier molecular flexibility index (Phi) is 6.42. The minimum atomic E-state index is -3.79. The number of benzene rings is 2. The van der Waals surface area contributed by atoms with Crippen LogP contribution < -0.4 is 10.2 Å². The van der Waals surface area contributed by atoms with E-state index in [1.807, 2.05) is 24.3 Å². The Balaban J connectivity index is 1.30. The maximum Gasteiger partial charge on any atom is 0.243 e. The van der Waals surface area contributed by atoms with Crippen LogP contribution in [0.15, 0.2) is 64.9 Å². The maximum atomic E-state index is 13.3. The minimum Gasteiger partial charge on any atom is -0.365 e. The van der Waals surface area contributed by atoms with Gasteiger partial charge in [-0.2, -0.15) is 4.31 Å². The van der Waals surface area contributed by atoms with Crippen LogP contribution in [-0.2, 0) is 27.8 Å². The van der Waals surface area contributed by atoms with Gasteiger partial charge in [-0.3, -0.25) is 4.79 Å². The number of fused-ring (bicyclic) bond motifs is 1. The summed E-state index contributed by atoms with van der Waals surface area (Å²) in [5, 5.41) is 5.19. The van der Waals surface area contributed by atoms with E-state index in [1.165, 1.54) is 26.9 Å². The molecule has 34 heavy (non-hydrogen) atoms. The standard InChI is InChI=1S/C25H26FN3O3S2/c26-20-7-9-21(10-8-20)34(31,32)29-13-3-4-19(17-29)25(30)27-22-5-1-2-6-23(22)28-14-11-24-18(16-28)12-15-33-24/h1-2,5-10,12,15,19H,3-4,11,13-14,16-17H2,(H,27,30). The van der Waals surface area contributed by atoms with Gasteiger partial charge in [-0.05, 0) is 72.7 Å². The Hall–Kier alpha value is -2.75. The van der Waals surface area contributed by atoms with E-state index < -0.39 is 21.8 Å². The van der Waals surface area contributed by atoms with Gasteiger partial charge in [0.25, 0.3) is 0 Å². The lowest BCUT2D eigenvalue weighted by molar-refractivity contribution is -0.120. The first-order chi connectivity index (χ1) is 16.4. The van der Waals surface area contributed by atoms with E-state index in [1.54, 1.807) is 11.3 Å². The zero-order valence-corrected chi connectivity index (χ0v) is 20.2. The number of hydrogen-bond donors (Lipinski definition) is 1.